The molecule has 1 heterocycles. The maximum atomic E-state index is 12.6. The lowest BCUT2D eigenvalue weighted by Crippen LogP contribution is -2.30. The van der Waals surface area contributed by atoms with Gasteiger partial charge in [-0.1, -0.05) is 53.5 Å². The average molecular weight is 360 g/mol. The molecule has 0 aliphatic heterocycles. The Kier molecular flexibility index (Phi) is 10.7. The summed E-state index contributed by atoms with van der Waals surface area (Å²) in [5.74, 6) is 1.51. The molecular weight excluding hydrogens is 322 g/mol. The van der Waals surface area contributed by atoms with Gasteiger partial charge in [0, 0.05) is 19.3 Å². The van der Waals surface area contributed by atoms with Crippen molar-refractivity contribution in [1.82, 2.24) is 10.3 Å². The van der Waals surface area contributed by atoms with Gasteiger partial charge in [0.2, 0.25) is 0 Å². The van der Waals surface area contributed by atoms with Crippen LogP contribution in [0.4, 0.5) is 5.82 Å². The van der Waals surface area contributed by atoms with Crippen LogP contribution in [0.5, 0.6) is 0 Å². The molecule has 1 aromatic rings. The maximum Gasteiger partial charge on any atom is 0.257 e. The van der Waals surface area contributed by atoms with Crippen LogP contribution in [0.15, 0.2) is 24.4 Å². The first-order valence-electron chi connectivity index (χ1n) is 10.2. The number of nitrogens with one attached hydrogen (secondary N) is 1. The Labute approximate surface area is 160 Å². The predicted molar refractivity (Wildman–Crippen MR) is 112 cm³/mol. The van der Waals surface area contributed by atoms with Crippen molar-refractivity contribution in [3.8, 4) is 0 Å². The summed E-state index contributed by atoms with van der Waals surface area (Å²) in [6.45, 7) is 12.9. The third kappa shape index (κ3) is 7.59. The molecule has 4 nitrogen and oxygen atoms in total. The van der Waals surface area contributed by atoms with Crippen molar-refractivity contribution in [2.45, 2.75) is 73.1 Å². The molecule has 4 heteroatoms. The summed E-state index contributed by atoms with van der Waals surface area (Å²) in [6.07, 6.45) is 9.86. The standard InChI is InChI=1S/C22H37N3O/c1-6-9-11-15-23-22(26)19-13-14-21(24-20(19)12-10-7-2)25(16-8-3)17-18(4)5/h11,13-15,18H,6-10,12,16-17H2,1-5H3,(H,23,26)/b15-11-. The van der Waals surface area contributed by atoms with Crippen LogP contribution in [0.1, 0.15) is 82.8 Å². The number of aryl methyl sites for hydroxylation is 1. The Balaban J connectivity index is 3.05. The number of carbonyl (C=O) groups is 1. The van der Waals surface area contributed by atoms with E-state index < -0.39 is 0 Å². The monoisotopic (exact) mass is 359 g/mol. The van der Waals surface area contributed by atoms with Crippen LogP contribution in [0.25, 0.3) is 0 Å². The highest BCUT2D eigenvalue weighted by Gasteiger charge is 2.16. The zero-order valence-electron chi connectivity index (χ0n) is 17.3. The smallest absolute Gasteiger partial charge is 0.257 e. The molecule has 146 valence electrons. The van der Waals surface area contributed by atoms with Gasteiger partial charge in [-0.3, -0.25) is 4.79 Å². The quantitative estimate of drug-likeness (QED) is 0.548. The summed E-state index contributed by atoms with van der Waals surface area (Å²) in [6, 6.07) is 3.94. The third-order valence-electron chi connectivity index (χ3n) is 4.16. The topological polar surface area (TPSA) is 45.2 Å². The number of hydrogen-bond acceptors (Lipinski definition) is 3. The fourth-order valence-electron chi connectivity index (χ4n) is 2.88. The second kappa shape index (κ2) is 12.5. The average Bonchev–Trinajstić information content (AvgIpc) is 2.62. The number of allylic oxidation sites excluding steroid dienone is 1. The number of nitrogens with zero attached hydrogens (tertiary/aromatic N) is 2. The summed E-state index contributed by atoms with van der Waals surface area (Å²) in [4.78, 5) is 19.8. The van der Waals surface area contributed by atoms with Crippen molar-refractivity contribution in [2.75, 3.05) is 18.0 Å². The molecule has 0 aliphatic rings. The minimum atomic E-state index is -0.0617. The number of anilines is 1. The molecule has 1 rings (SSSR count). The summed E-state index contributed by atoms with van der Waals surface area (Å²) in [5.41, 5.74) is 1.61. The normalized spacial score (nSPS) is 11.3. The van der Waals surface area contributed by atoms with E-state index in [9.17, 15) is 4.79 Å². The molecular formula is C22H37N3O. The number of rotatable bonds is 12. The molecule has 0 aromatic carbocycles. The van der Waals surface area contributed by atoms with Gasteiger partial charge in [-0.25, -0.2) is 4.98 Å². The lowest BCUT2D eigenvalue weighted by molar-refractivity contribution is 0.0968. The Morgan fingerprint density at radius 1 is 1.19 bits per heavy atom. The first-order chi connectivity index (χ1) is 12.5. The number of amides is 1. The summed E-state index contributed by atoms with van der Waals surface area (Å²) in [5, 5.41) is 2.88. The van der Waals surface area contributed by atoms with Gasteiger partial charge in [0.05, 0.1) is 11.3 Å². The van der Waals surface area contributed by atoms with Crippen LogP contribution in [-0.4, -0.2) is 24.0 Å². The van der Waals surface area contributed by atoms with E-state index in [-0.39, 0.29) is 5.91 Å². The zero-order chi connectivity index (χ0) is 19.4. The minimum absolute atomic E-state index is 0.0617. The number of hydrogen-bond donors (Lipinski definition) is 1. The van der Waals surface area contributed by atoms with Gasteiger partial charge in [0.15, 0.2) is 0 Å². The Hall–Kier alpha value is -1.84. The molecule has 0 saturated heterocycles. The Bertz CT molecular complexity index is 567. The van der Waals surface area contributed by atoms with E-state index in [0.717, 1.165) is 63.1 Å². The van der Waals surface area contributed by atoms with Crippen LogP contribution in [0.2, 0.25) is 0 Å². The zero-order valence-corrected chi connectivity index (χ0v) is 17.3. The van der Waals surface area contributed by atoms with Crippen LogP contribution in [0, 0.1) is 5.92 Å². The van der Waals surface area contributed by atoms with Gasteiger partial charge < -0.3 is 10.2 Å². The molecule has 1 aromatic heterocycles. The van der Waals surface area contributed by atoms with Crippen molar-refractivity contribution in [1.29, 1.82) is 0 Å². The largest absolute Gasteiger partial charge is 0.356 e. The molecule has 26 heavy (non-hydrogen) atoms. The number of unbranched alkanes of at least 4 members (excludes halogenated alkanes) is 2. The van der Waals surface area contributed by atoms with Crippen LogP contribution in [0.3, 0.4) is 0 Å². The third-order valence-corrected chi connectivity index (χ3v) is 4.16. The van der Waals surface area contributed by atoms with Crippen molar-refractivity contribution in [3.05, 3.63) is 35.7 Å². The first-order valence-corrected chi connectivity index (χ1v) is 10.2. The highest BCUT2D eigenvalue weighted by atomic mass is 16.1. The predicted octanol–water partition coefficient (Wildman–Crippen LogP) is 5.34. The van der Waals surface area contributed by atoms with E-state index >= 15 is 0 Å². The van der Waals surface area contributed by atoms with Crippen LogP contribution in [-0.2, 0) is 6.42 Å². The van der Waals surface area contributed by atoms with E-state index in [1.165, 1.54) is 0 Å². The van der Waals surface area contributed by atoms with Gasteiger partial charge in [-0.15, -0.1) is 0 Å². The fraction of sp³-hybridized carbons (Fsp3) is 0.636. The van der Waals surface area contributed by atoms with Crippen LogP contribution < -0.4 is 10.2 Å². The van der Waals surface area contributed by atoms with E-state index in [1.807, 2.05) is 18.2 Å². The van der Waals surface area contributed by atoms with Crippen molar-refractivity contribution in [3.63, 3.8) is 0 Å². The summed E-state index contributed by atoms with van der Waals surface area (Å²) < 4.78 is 0. The Morgan fingerprint density at radius 3 is 2.58 bits per heavy atom. The van der Waals surface area contributed by atoms with Crippen molar-refractivity contribution >= 4 is 11.7 Å². The Morgan fingerprint density at radius 2 is 1.96 bits per heavy atom. The second-order valence-electron chi connectivity index (χ2n) is 7.27. The molecule has 0 unspecified atom stereocenters. The number of pyridine rings is 1. The van der Waals surface area contributed by atoms with Gasteiger partial charge in [-0.2, -0.15) is 0 Å². The molecule has 0 spiro atoms. The summed E-state index contributed by atoms with van der Waals surface area (Å²) >= 11 is 0. The molecule has 0 saturated carbocycles. The maximum absolute atomic E-state index is 12.6. The molecule has 0 fully saturated rings. The molecule has 0 atom stereocenters. The van der Waals surface area contributed by atoms with Crippen molar-refractivity contribution in [2.24, 2.45) is 5.92 Å². The number of aromatic nitrogens is 1. The van der Waals surface area contributed by atoms with Crippen LogP contribution >= 0.6 is 0 Å². The van der Waals surface area contributed by atoms with Gasteiger partial charge in [-0.05, 0) is 43.7 Å². The van der Waals surface area contributed by atoms with E-state index in [2.05, 4.69) is 44.8 Å². The summed E-state index contributed by atoms with van der Waals surface area (Å²) in [7, 11) is 0. The highest BCUT2D eigenvalue weighted by Crippen LogP contribution is 2.19. The lowest BCUT2D eigenvalue weighted by atomic mass is 10.1. The number of carbonyl (C=O) groups excluding carboxylic acids is 1. The fourth-order valence-corrected chi connectivity index (χ4v) is 2.88. The second-order valence-corrected chi connectivity index (χ2v) is 7.27. The minimum Gasteiger partial charge on any atom is -0.356 e. The lowest BCUT2D eigenvalue weighted by Gasteiger charge is -2.26. The van der Waals surface area contributed by atoms with E-state index in [1.54, 1.807) is 6.20 Å². The highest BCUT2D eigenvalue weighted by molar-refractivity contribution is 5.96. The van der Waals surface area contributed by atoms with E-state index in [0.29, 0.717) is 11.5 Å². The molecule has 0 aliphatic carbocycles. The van der Waals surface area contributed by atoms with E-state index in [4.69, 9.17) is 4.98 Å². The first kappa shape index (κ1) is 22.2. The van der Waals surface area contributed by atoms with Gasteiger partial charge >= 0.3 is 0 Å². The molecule has 1 amide bonds. The van der Waals surface area contributed by atoms with Gasteiger partial charge in [0.1, 0.15) is 5.82 Å². The van der Waals surface area contributed by atoms with Crippen molar-refractivity contribution < 1.29 is 4.79 Å². The molecule has 0 radical (unpaired) electrons. The SMILES string of the molecule is CCC/C=C\NC(=O)c1ccc(N(CCC)CC(C)C)nc1CCCC. The molecule has 0 bridgehead atoms. The van der Waals surface area contributed by atoms with Gasteiger partial charge in [0.25, 0.3) is 5.91 Å². The molecule has 1 N–H and O–H groups in total.